The van der Waals surface area contributed by atoms with Gasteiger partial charge in [0.25, 0.3) is 0 Å². The lowest BCUT2D eigenvalue weighted by Crippen LogP contribution is -2.15. The SMILES string of the molecule is CC(N)c1nc(C2CC2)n2c1CCCC2. The van der Waals surface area contributed by atoms with Gasteiger partial charge in [0.15, 0.2) is 0 Å². The third-order valence-corrected chi connectivity index (χ3v) is 3.55. The molecule has 0 bridgehead atoms. The first-order valence-electron chi connectivity index (χ1n) is 6.12. The molecule has 1 atom stereocenters. The number of imidazole rings is 1. The minimum Gasteiger partial charge on any atom is -0.331 e. The molecule has 3 nitrogen and oxygen atoms in total. The molecule has 82 valence electrons. The van der Waals surface area contributed by atoms with Crippen LogP contribution in [0.25, 0.3) is 0 Å². The average Bonchev–Trinajstić information content (AvgIpc) is 2.99. The lowest BCUT2D eigenvalue weighted by atomic mass is 10.1. The summed E-state index contributed by atoms with van der Waals surface area (Å²) in [5, 5.41) is 0. The molecular weight excluding hydrogens is 186 g/mol. The normalized spacial score (nSPS) is 22.5. The van der Waals surface area contributed by atoms with Gasteiger partial charge in [0, 0.05) is 24.2 Å². The minimum absolute atomic E-state index is 0.0943. The fourth-order valence-corrected chi connectivity index (χ4v) is 2.62. The highest BCUT2D eigenvalue weighted by atomic mass is 15.1. The van der Waals surface area contributed by atoms with Gasteiger partial charge in [-0.15, -0.1) is 0 Å². The Kier molecular flexibility index (Phi) is 2.09. The highest BCUT2D eigenvalue weighted by molar-refractivity contribution is 5.25. The van der Waals surface area contributed by atoms with Gasteiger partial charge in [-0.05, 0) is 39.0 Å². The Hall–Kier alpha value is -0.830. The molecule has 1 aliphatic heterocycles. The van der Waals surface area contributed by atoms with Crippen LogP contribution in [-0.4, -0.2) is 9.55 Å². The maximum Gasteiger partial charge on any atom is 0.112 e. The van der Waals surface area contributed by atoms with Crippen molar-refractivity contribution in [2.24, 2.45) is 5.73 Å². The number of rotatable bonds is 2. The number of fused-ring (bicyclic) bond motifs is 1. The average molecular weight is 205 g/mol. The van der Waals surface area contributed by atoms with Crippen molar-refractivity contribution in [2.75, 3.05) is 0 Å². The Morgan fingerprint density at radius 1 is 1.40 bits per heavy atom. The molecule has 0 saturated heterocycles. The van der Waals surface area contributed by atoms with Crippen molar-refractivity contribution >= 4 is 0 Å². The molecule has 3 heteroatoms. The molecule has 1 saturated carbocycles. The quantitative estimate of drug-likeness (QED) is 0.803. The van der Waals surface area contributed by atoms with E-state index in [-0.39, 0.29) is 6.04 Å². The third-order valence-electron chi connectivity index (χ3n) is 3.55. The second kappa shape index (κ2) is 3.34. The fraction of sp³-hybridized carbons (Fsp3) is 0.750. The zero-order valence-electron chi connectivity index (χ0n) is 9.37. The zero-order valence-corrected chi connectivity index (χ0v) is 9.37. The number of nitrogens with two attached hydrogens (primary N) is 1. The first kappa shape index (κ1) is 9.40. The summed E-state index contributed by atoms with van der Waals surface area (Å²) in [6, 6.07) is 0.0943. The van der Waals surface area contributed by atoms with E-state index in [1.54, 1.807) is 0 Å². The summed E-state index contributed by atoms with van der Waals surface area (Å²) < 4.78 is 2.46. The molecule has 15 heavy (non-hydrogen) atoms. The largest absolute Gasteiger partial charge is 0.331 e. The van der Waals surface area contributed by atoms with Crippen LogP contribution in [0.1, 0.15) is 61.8 Å². The second-order valence-electron chi connectivity index (χ2n) is 4.97. The van der Waals surface area contributed by atoms with Crippen molar-refractivity contribution in [2.45, 2.75) is 57.5 Å². The van der Waals surface area contributed by atoms with Gasteiger partial charge in [-0.1, -0.05) is 0 Å². The van der Waals surface area contributed by atoms with Crippen LogP contribution in [0.15, 0.2) is 0 Å². The second-order valence-corrected chi connectivity index (χ2v) is 4.97. The lowest BCUT2D eigenvalue weighted by molar-refractivity contribution is 0.511. The Morgan fingerprint density at radius 2 is 2.20 bits per heavy atom. The van der Waals surface area contributed by atoms with Crippen LogP contribution in [0, 0.1) is 0 Å². The standard InChI is InChI=1S/C12H19N3/c1-8(13)11-10-4-2-3-7-15(10)12(14-11)9-5-6-9/h8-9H,2-7,13H2,1H3. The summed E-state index contributed by atoms with van der Waals surface area (Å²) in [4.78, 5) is 4.79. The third kappa shape index (κ3) is 1.49. The molecule has 3 rings (SSSR count). The summed E-state index contributed by atoms with van der Waals surface area (Å²) in [6.45, 7) is 3.22. The topological polar surface area (TPSA) is 43.8 Å². The predicted molar refractivity (Wildman–Crippen MR) is 59.7 cm³/mol. The van der Waals surface area contributed by atoms with Crippen molar-refractivity contribution in [3.05, 3.63) is 17.2 Å². The molecule has 1 aromatic rings. The van der Waals surface area contributed by atoms with E-state index in [1.165, 1.54) is 50.2 Å². The van der Waals surface area contributed by atoms with Crippen molar-refractivity contribution in [1.29, 1.82) is 0 Å². The van der Waals surface area contributed by atoms with Crippen LogP contribution in [0.5, 0.6) is 0 Å². The van der Waals surface area contributed by atoms with Crippen molar-refractivity contribution in [1.82, 2.24) is 9.55 Å². The van der Waals surface area contributed by atoms with Crippen LogP contribution in [0.3, 0.4) is 0 Å². The van der Waals surface area contributed by atoms with Crippen LogP contribution >= 0.6 is 0 Å². The van der Waals surface area contributed by atoms with Crippen LogP contribution in [0.4, 0.5) is 0 Å². The lowest BCUT2D eigenvalue weighted by Gasteiger charge is -2.18. The van der Waals surface area contributed by atoms with Gasteiger partial charge >= 0.3 is 0 Å². The van der Waals surface area contributed by atoms with Gasteiger partial charge in [0.05, 0.1) is 5.69 Å². The zero-order chi connectivity index (χ0) is 10.4. The molecular formula is C12H19N3. The van der Waals surface area contributed by atoms with E-state index >= 15 is 0 Å². The number of hydrogen-bond donors (Lipinski definition) is 1. The molecule has 1 unspecified atom stereocenters. The van der Waals surface area contributed by atoms with E-state index in [0.29, 0.717) is 0 Å². The maximum atomic E-state index is 6.00. The van der Waals surface area contributed by atoms with E-state index < -0.39 is 0 Å². The summed E-state index contributed by atoms with van der Waals surface area (Å²) in [7, 11) is 0. The van der Waals surface area contributed by atoms with Gasteiger partial charge in [0.2, 0.25) is 0 Å². The van der Waals surface area contributed by atoms with E-state index in [4.69, 9.17) is 10.7 Å². The molecule has 2 aliphatic rings. The van der Waals surface area contributed by atoms with Gasteiger partial charge in [0.1, 0.15) is 5.82 Å². The summed E-state index contributed by atoms with van der Waals surface area (Å²) in [6.07, 6.45) is 6.44. The summed E-state index contributed by atoms with van der Waals surface area (Å²) in [5.74, 6) is 2.08. The van der Waals surface area contributed by atoms with E-state index in [1.807, 2.05) is 0 Å². The number of aromatic nitrogens is 2. The molecule has 0 spiro atoms. The molecule has 1 aliphatic carbocycles. The van der Waals surface area contributed by atoms with Crippen molar-refractivity contribution in [3.8, 4) is 0 Å². The van der Waals surface area contributed by atoms with E-state index in [2.05, 4.69) is 11.5 Å². The van der Waals surface area contributed by atoms with E-state index in [0.717, 1.165) is 11.6 Å². The van der Waals surface area contributed by atoms with Gasteiger partial charge < -0.3 is 10.3 Å². The van der Waals surface area contributed by atoms with Crippen LogP contribution in [-0.2, 0) is 13.0 Å². The molecule has 0 aromatic carbocycles. The predicted octanol–water partition coefficient (Wildman–Crippen LogP) is 2.12. The maximum absolute atomic E-state index is 6.00. The Balaban J connectivity index is 2.08. The highest BCUT2D eigenvalue weighted by Crippen LogP contribution is 2.41. The summed E-state index contributed by atoms with van der Waals surface area (Å²) >= 11 is 0. The first-order valence-corrected chi connectivity index (χ1v) is 6.12. The number of nitrogens with zero attached hydrogens (tertiary/aromatic N) is 2. The highest BCUT2D eigenvalue weighted by Gasteiger charge is 2.32. The number of hydrogen-bond acceptors (Lipinski definition) is 2. The molecule has 0 amide bonds. The smallest absolute Gasteiger partial charge is 0.112 e. The monoisotopic (exact) mass is 205 g/mol. The van der Waals surface area contributed by atoms with E-state index in [9.17, 15) is 0 Å². The summed E-state index contributed by atoms with van der Waals surface area (Å²) in [5.41, 5.74) is 8.59. The fourth-order valence-electron chi connectivity index (χ4n) is 2.62. The van der Waals surface area contributed by atoms with Gasteiger partial charge in [-0.3, -0.25) is 0 Å². The Morgan fingerprint density at radius 3 is 2.87 bits per heavy atom. The van der Waals surface area contributed by atoms with Gasteiger partial charge in [-0.2, -0.15) is 0 Å². The Labute approximate surface area is 90.7 Å². The van der Waals surface area contributed by atoms with Crippen LogP contribution in [0.2, 0.25) is 0 Å². The molecule has 2 heterocycles. The molecule has 0 radical (unpaired) electrons. The minimum atomic E-state index is 0.0943. The molecule has 1 fully saturated rings. The Bertz CT molecular complexity index is 348. The van der Waals surface area contributed by atoms with Crippen molar-refractivity contribution < 1.29 is 0 Å². The van der Waals surface area contributed by atoms with Crippen molar-refractivity contribution in [3.63, 3.8) is 0 Å². The molecule has 2 N–H and O–H groups in total. The molecule has 1 aromatic heterocycles. The first-order chi connectivity index (χ1) is 7.27. The van der Waals surface area contributed by atoms with Crippen LogP contribution < -0.4 is 5.73 Å². The van der Waals surface area contributed by atoms with Gasteiger partial charge in [-0.25, -0.2) is 4.98 Å².